The molecule has 37 heavy (non-hydrogen) atoms. The van der Waals surface area contributed by atoms with E-state index < -0.39 is 30.2 Å². The number of urea groups is 1. The van der Waals surface area contributed by atoms with Gasteiger partial charge in [0.25, 0.3) is 5.91 Å². The molecule has 0 spiro atoms. The zero-order valence-corrected chi connectivity index (χ0v) is 22.0. The van der Waals surface area contributed by atoms with Crippen LogP contribution < -0.4 is 21.1 Å². The van der Waals surface area contributed by atoms with E-state index in [2.05, 4.69) is 19.9 Å². The molecule has 1 aromatic heterocycles. The van der Waals surface area contributed by atoms with Gasteiger partial charge in [0.15, 0.2) is 0 Å². The van der Waals surface area contributed by atoms with Gasteiger partial charge in [-0.25, -0.2) is 13.6 Å². The summed E-state index contributed by atoms with van der Waals surface area (Å²) in [4.78, 5) is 26.5. The van der Waals surface area contributed by atoms with Crippen LogP contribution in [0.5, 0.6) is 5.88 Å². The number of ether oxygens (including phenoxy) is 1. The molecule has 0 saturated carbocycles. The minimum Gasteiger partial charge on any atom is -0.471 e. The van der Waals surface area contributed by atoms with E-state index in [1.807, 2.05) is 0 Å². The lowest BCUT2D eigenvalue weighted by Gasteiger charge is -2.28. The van der Waals surface area contributed by atoms with Crippen LogP contribution in [0.3, 0.4) is 0 Å². The quantitative estimate of drug-likeness (QED) is 0.271. The summed E-state index contributed by atoms with van der Waals surface area (Å²) < 4.78 is 37.2. The first-order valence-corrected chi connectivity index (χ1v) is 13.4. The molecule has 1 saturated heterocycles. The molecule has 1 unspecified atom stereocenters. The van der Waals surface area contributed by atoms with Crippen molar-refractivity contribution < 1.29 is 28.2 Å². The number of rotatable bonds is 13. The highest BCUT2D eigenvalue weighted by Gasteiger charge is 2.23. The number of aliphatic hydroxyl groups excluding tert-OH is 1. The van der Waals surface area contributed by atoms with E-state index in [1.165, 1.54) is 19.3 Å². The number of anilines is 1. The van der Waals surface area contributed by atoms with Gasteiger partial charge >= 0.3 is 6.03 Å². The highest BCUT2D eigenvalue weighted by Crippen LogP contribution is 2.31. The summed E-state index contributed by atoms with van der Waals surface area (Å²) in [5, 5.41) is 15.4. The summed E-state index contributed by atoms with van der Waals surface area (Å²) in [6, 6.07) is 1.32. The molecule has 5 N–H and O–H groups in total. The van der Waals surface area contributed by atoms with Crippen LogP contribution in [0.2, 0.25) is 5.02 Å². The molecule has 204 valence electrons. The van der Waals surface area contributed by atoms with Gasteiger partial charge in [-0.1, -0.05) is 30.9 Å². The number of benzene rings is 1. The maximum atomic E-state index is 14.0. The second-order valence-electron chi connectivity index (χ2n) is 8.94. The van der Waals surface area contributed by atoms with Crippen molar-refractivity contribution in [2.24, 2.45) is 5.73 Å². The molecule has 1 aliphatic rings. The summed E-state index contributed by atoms with van der Waals surface area (Å²) >= 11 is 6.37. The lowest BCUT2D eigenvalue weighted by molar-refractivity contribution is 0.0927. The van der Waals surface area contributed by atoms with Crippen molar-refractivity contribution in [3.8, 4) is 5.88 Å². The fourth-order valence-electron chi connectivity index (χ4n) is 4.09. The summed E-state index contributed by atoms with van der Waals surface area (Å²) in [6.45, 7) is 2.67. The van der Waals surface area contributed by atoms with Crippen LogP contribution in [-0.2, 0) is 6.61 Å². The molecule has 0 aliphatic carbocycles. The highest BCUT2D eigenvalue weighted by atomic mass is 35.5. The smallest absolute Gasteiger partial charge is 0.319 e. The summed E-state index contributed by atoms with van der Waals surface area (Å²) in [5.41, 5.74) is 4.82. The first-order chi connectivity index (χ1) is 17.7. The molecule has 1 atom stereocenters. The highest BCUT2D eigenvalue weighted by molar-refractivity contribution is 7.11. The fraction of sp³-hybridized carbons (Fsp3) is 0.542. The molecule has 1 aromatic carbocycles. The van der Waals surface area contributed by atoms with Gasteiger partial charge in [-0.3, -0.25) is 10.1 Å². The number of unbranched alkanes of at least 4 members (excludes halogenated alkanes) is 2. The maximum Gasteiger partial charge on any atom is 0.319 e. The monoisotopic (exact) mass is 559 g/mol. The van der Waals surface area contributed by atoms with E-state index in [1.54, 1.807) is 0 Å². The summed E-state index contributed by atoms with van der Waals surface area (Å²) in [5.74, 6) is -2.98. The van der Waals surface area contributed by atoms with Crippen LogP contribution in [0.1, 0.15) is 60.9 Å². The normalized spacial score (nSPS) is 14.8. The van der Waals surface area contributed by atoms with Gasteiger partial charge in [0.2, 0.25) is 5.88 Å². The fourth-order valence-corrected chi connectivity index (χ4v) is 5.02. The van der Waals surface area contributed by atoms with E-state index in [0.29, 0.717) is 13.1 Å². The van der Waals surface area contributed by atoms with E-state index >= 15 is 0 Å². The average molecular weight is 560 g/mol. The van der Waals surface area contributed by atoms with Crippen molar-refractivity contribution in [3.63, 3.8) is 0 Å². The number of nitrogens with zero attached hydrogens (tertiary/aromatic N) is 2. The van der Waals surface area contributed by atoms with Gasteiger partial charge in [-0.05, 0) is 62.4 Å². The van der Waals surface area contributed by atoms with Crippen molar-refractivity contribution >= 4 is 40.1 Å². The maximum absolute atomic E-state index is 14.0. The number of halogens is 3. The number of amides is 3. The third kappa shape index (κ3) is 9.06. The van der Waals surface area contributed by atoms with Crippen molar-refractivity contribution in [2.45, 2.75) is 57.7 Å². The number of primary amides is 1. The lowest BCUT2D eigenvalue weighted by atomic mass is 10.1. The van der Waals surface area contributed by atoms with Gasteiger partial charge in [0.1, 0.15) is 28.8 Å². The molecule has 2 aromatic rings. The Kier molecular flexibility index (Phi) is 11.3. The van der Waals surface area contributed by atoms with Crippen molar-refractivity contribution in [2.75, 3.05) is 31.5 Å². The number of β-amino-alcohol motifs (C(OH)–C–C–N with tert-alkyl or cyclic N) is 1. The Labute approximate surface area is 223 Å². The number of aliphatic hydroxyl groups is 1. The number of hydrogen-bond acceptors (Lipinski definition) is 7. The molecule has 1 fully saturated rings. The van der Waals surface area contributed by atoms with Crippen LogP contribution >= 0.6 is 23.1 Å². The largest absolute Gasteiger partial charge is 0.471 e. The second kappa shape index (κ2) is 14.4. The molecule has 0 radical (unpaired) electrons. The lowest BCUT2D eigenvalue weighted by Crippen LogP contribution is -2.36. The Balaban J connectivity index is 1.40. The van der Waals surface area contributed by atoms with Gasteiger partial charge in [-0.15, -0.1) is 0 Å². The zero-order chi connectivity index (χ0) is 26.8. The number of likely N-dealkylation sites (tertiary alicyclic amines) is 1. The van der Waals surface area contributed by atoms with Crippen LogP contribution in [-0.4, -0.2) is 58.6 Å². The van der Waals surface area contributed by atoms with Crippen LogP contribution in [0.4, 0.5) is 18.6 Å². The Morgan fingerprint density at radius 1 is 1.19 bits per heavy atom. The number of carbonyl (C=O) groups is 2. The number of nitrogens with two attached hydrogens (primary N) is 1. The zero-order valence-electron chi connectivity index (χ0n) is 20.4. The minimum absolute atomic E-state index is 0.0536. The van der Waals surface area contributed by atoms with Crippen molar-refractivity contribution in [1.82, 2.24) is 14.6 Å². The minimum atomic E-state index is -0.917. The van der Waals surface area contributed by atoms with Gasteiger partial charge in [0.05, 0.1) is 11.7 Å². The molecular weight excluding hydrogens is 528 g/mol. The third-order valence-corrected chi connectivity index (χ3v) is 6.97. The number of carbonyl (C=O) groups excluding carboxylic acids is 2. The Morgan fingerprint density at radius 3 is 2.57 bits per heavy atom. The molecule has 3 amide bonds. The summed E-state index contributed by atoms with van der Waals surface area (Å²) in [7, 11) is 0. The Morgan fingerprint density at radius 2 is 1.89 bits per heavy atom. The van der Waals surface area contributed by atoms with Crippen LogP contribution in [0.25, 0.3) is 0 Å². The van der Waals surface area contributed by atoms with Crippen molar-refractivity contribution in [3.05, 3.63) is 39.9 Å². The predicted octanol–water partition coefficient (Wildman–Crippen LogP) is 4.28. The average Bonchev–Trinajstić information content (AvgIpc) is 3.23. The van der Waals surface area contributed by atoms with Gasteiger partial charge in [0, 0.05) is 18.1 Å². The molecule has 2 heterocycles. The predicted molar refractivity (Wildman–Crippen MR) is 138 cm³/mol. The first kappa shape index (κ1) is 29.0. The van der Waals surface area contributed by atoms with E-state index in [4.69, 9.17) is 22.1 Å². The molecule has 3 rings (SSSR count). The van der Waals surface area contributed by atoms with Gasteiger partial charge < -0.3 is 25.8 Å². The Bertz CT molecular complexity index is 1040. The first-order valence-electron chi connectivity index (χ1n) is 12.3. The van der Waals surface area contributed by atoms with E-state index in [9.17, 15) is 23.5 Å². The molecule has 9 nitrogen and oxygen atoms in total. The van der Waals surface area contributed by atoms with Crippen LogP contribution in [0.15, 0.2) is 12.1 Å². The van der Waals surface area contributed by atoms with E-state index in [0.717, 1.165) is 62.4 Å². The molecular formula is C24H32ClF2N5O4S. The Hall–Kier alpha value is -2.54. The summed E-state index contributed by atoms with van der Waals surface area (Å²) in [6.07, 6.45) is 6.47. The van der Waals surface area contributed by atoms with Gasteiger partial charge in [-0.2, -0.15) is 4.37 Å². The SMILES string of the molecule is NC(=O)c1c(OCc2c(F)cc(Cl)cc2F)nsc1NC(=O)NCCCCCC(O)CN1CCCCC1. The standard InChI is InChI=1S/C24H32ClF2N5O4S/c25-15-11-18(26)17(19(27)12-15)14-36-22-20(21(28)34)23(37-31-22)30-24(35)29-8-4-1-3-7-16(33)13-32-9-5-2-6-10-32/h11-12,16,33H,1-10,13-14H2,(H2,28,34)(H2,29,30,35). The molecule has 13 heteroatoms. The third-order valence-electron chi connectivity index (χ3n) is 6.01. The number of nitrogens with one attached hydrogen (secondary N) is 2. The molecule has 1 aliphatic heterocycles. The second-order valence-corrected chi connectivity index (χ2v) is 10.1. The van der Waals surface area contributed by atoms with E-state index in [-0.39, 0.29) is 33.1 Å². The number of piperidine rings is 1. The topological polar surface area (TPSA) is 130 Å². The van der Waals surface area contributed by atoms with Crippen molar-refractivity contribution in [1.29, 1.82) is 0 Å². The van der Waals surface area contributed by atoms with Crippen LogP contribution in [0, 0.1) is 11.6 Å². The molecule has 0 bridgehead atoms. The number of hydrogen-bond donors (Lipinski definition) is 4. The number of aromatic nitrogens is 1.